The number of nitrogens with one attached hydrogen (secondary N) is 3. The molecule has 190 valence electrons. The topological polar surface area (TPSA) is 100 Å². The van der Waals surface area contributed by atoms with E-state index < -0.39 is 10.0 Å². The third-order valence-electron chi connectivity index (χ3n) is 6.48. The number of benzene rings is 2. The number of nitrogens with zero attached hydrogens (tertiary/aromatic N) is 1. The molecule has 3 N–H and O–H groups in total. The number of thiophene rings is 1. The fourth-order valence-corrected chi connectivity index (χ4v) is 6.36. The van der Waals surface area contributed by atoms with Gasteiger partial charge < -0.3 is 10.6 Å². The molecule has 1 unspecified atom stereocenters. The average molecular weight is 533 g/mol. The molecule has 37 heavy (non-hydrogen) atoms. The molecule has 0 saturated heterocycles. The number of hydrogen-bond donors (Lipinski definition) is 3. The molecule has 5 rings (SSSR count). The lowest BCUT2D eigenvalue weighted by Gasteiger charge is -2.16. The molecular weight excluding hydrogens is 504 g/mol. The number of rotatable bonds is 9. The van der Waals surface area contributed by atoms with Crippen LogP contribution in [0.3, 0.4) is 0 Å². The zero-order chi connectivity index (χ0) is 25.8. The third kappa shape index (κ3) is 5.74. The van der Waals surface area contributed by atoms with Crippen LogP contribution in [0.1, 0.15) is 51.3 Å². The van der Waals surface area contributed by atoms with Gasteiger partial charge in [0.1, 0.15) is 5.82 Å². The van der Waals surface area contributed by atoms with Gasteiger partial charge in [0.15, 0.2) is 0 Å². The highest BCUT2D eigenvalue weighted by molar-refractivity contribution is 7.89. The number of carbonyl (C=O) groups is 1. The van der Waals surface area contributed by atoms with Crippen molar-refractivity contribution in [2.75, 3.05) is 5.32 Å². The summed E-state index contributed by atoms with van der Waals surface area (Å²) in [4.78, 5) is 18.6. The summed E-state index contributed by atoms with van der Waals surface area (Å²) < 4.78 is 29.0. The summed E-state index contributed by atoms with van der Waals surface area (Å²) in [5.74, 6) is 0.224. The van der Waals surface area contributed by atoms with Crippen LogP contribution < -0.4 is 15.4 Å². The Kier molecular flexibility index (Phi) is 7.36. The molecule has 0 aliphatic heterocycles. The Morgan fingerprint density at radius 3 is 2.68 bits per heavy atom. The minimum atomic E-state index is -3.66. The highest BCUT2D eigenvalue weighted by Gasteiger charge is 2.28. The normalized spacial score (nSPS) is 14.8. The third-order valence-corrected chi connectivity index (χ3v) is 8.85. The van der Waals surface area contributed by atoms with Gasteiger partial charge in [-0.25, -0.2) is 18.1 Å². The van der Waals surface area contributed by atoms with E-state index in [9.17, 15) is 13.2 Å². The van der Waals surface area contributed by atoms with Crippen LogP contribution in [-0.2, 0) is 29.4 Å². The predicted octanol–water partition coefficient (Wildman–Crippen LogP) is 5.34. The van der Waals surface area contributed by atoms with E-state index in [0.29, 0.717) is 24.3 Å². The van der Waals surface area contributed by atoms with Gasteiger partial charge in [-0.3, -0.25) is 4.79 Å². The first-order valence-corrected chi connectivity index (χ1v) is 14.6. The van der Waals surface area contributed by atoms with Gasteiger partial charge in [-0.1, -0.05) is 31.2 Å². The second kappa shape index (κ2) is 10.8. The molecule has 0 bridgehead atoms. The number of aryl methyl sites for hydroxylation is 2. The van der Waals surface area contributed by atoms with Crippen molar-refractivity contribution in [3.63, 3.8) is 0 Å². The molecule has 9 heteroatoms. The van der Waals surface area contributed by atoms with E-state index in [1.165, 1.54) is 0 Å². The van der Waals surface area contributed by atoms with Crippen LogP contribution in [0.15, 0.2) is 83.2 Å². The maximum Gasteiger partial charge on any atom is 0.255 e. The zero-order valence-electron chi connectivity index (χ0n) is 20.4. The molecule has 0 radical (unpaired) electrons. The highest BCUT2D eigenvalue weighted by atomic mass is 32.2. The van der Waals surface area contributed by atoms with E-state index >= 15 is 0 Å². The fraction of sp³-hybridized carbons (Fsp3) is 0.214. The molecule has 0 spiro atoms. The zero-order valence-corrected chi connectivity index (χ0v) is 22.0. The van der Waals surface area contributed by atoms with E-state index in [0.717, 1.165) is 40.1 Å². The number of fused-ring (bicyclic) bond motifs is 1. The Hall–Kier alpha value is -3.53. The van der Waals surface area contributed by atoms with Crippen molar-refractivity contribution in [2.45, 2.75) is 43.7 Å². The second-order valence-electron chi connectivity index (χ2n) is 8.91. The maximum absolute atomic E-state index is 13.1. The van der Waals surface area contributed by atoms with Crippen molar-refractivity contribution in [1.82, 2.24) is 15.0 Å². The van der Waals surface area contributed by atoms with Crippen LogP contribution in [-0.4, -0.2) is 19.3 Å². The van der Waals surface area contributed by atoms with E-state index in [-0.39, 0.29) is 16.8 Å². The largest absolute Gasteiger partial charge is 0.347 e. The first-order valence-electron chi connectivity index (χ1n) is 12.2. The second-order valence-corrected chi connectivity index (χ2v) is 11.7. The fourth-order valence-electron chi connectivity index (χ4n) is 4.46. The van der Waals surface area contributed by atoms with Crippen LogP contribution >= 0.6 is 11.3 Å². The van der Waals surface area contributed by atoms with Gasteiger partial charge in [0.05, 0.1) is 17.0 Å². The number of pyridine rings is 1. The Labute approximate surface area is 221 Å². The van der Waals surface area contributed by atoms with Gasteiger partial charge in [0.25, 0.3) is 5.91 Å². The Balaban J connectivity index is 1.32. The summed E-state index contributed by atoms with van der Waals surface area (Å²) >= 11 is 1.59. The minimum Gasteiger partial charge on any atom is -0.347 e. The molecule has 2 heterocycles. The molecule has 1 aliphatic rings. The van der Waals surface area contributed by atoms with Crippen molar-refractivity contribution < 1.29 is 13.2 Å². The lowest BCUT2D eigenvalue weighted by molar-refractivity contribution is 0.0952. The number of amides is 1. The molecule has 0 saturated carbocycles. The standard InChI is InChI=1S/C28H28N4O3S2/c1-2-19-7-12-23(13-8-19)37(34,35)32-26-14-10-20-9-11-21(17-25(20)26)31-27-24(6-3-15-29-27)28(33)30-18-22-5-4-16-36-22/h3-9,11-13,15-17,26,32H,2,10,14,18H2,1H3,(H,29,31)(H,30,33). The monoisotopic (exact) mass is 532 g/mol. The van der Waals surface area contributed by atoms with Crippen LogP contribution in [0.4, 0.5) is 11.5 Å². The van der Waals surface area contributed by atoms with E-state index in [4.69, 9.17) is 0 Å². The van der Waals surface area contributed by atoms with Crippen molar-refractivity contribution in [3.05, 3.63) is 105 Å². The molecule has 1 aliphatic carbocycles. The van der Waals surface area contributed by atoms with E-state index in [2.05, 4.69) is 20.3 Å². The number of hydrogen-bond acceptors (Lipinski definition) is 6. The first-order chi connectivity index (χ1) is 17.9. The molecule has 2 aromatic heterocycles. The van der Waals surface area contributed by atoms with E-state index in [1.54, 1.807) is 41.8 Å². The Bertz CT molecular complexity index is 1500. The quantitative estimate of drug-likeness (QED) is 0.270. The SMILES string of the molecule is CCc1ccc(S(=O)(=O)NC2CCc3ccc(Nc4ncccc4C(=O)NCc4cccs4)cc32)cc1. The molecule has 2 aromatic carbocycles. The molecule has 1 atom stereocenters. The summed E-state index contributed by atoms with van der Waals surface area (Å²) in [5, 5.41) is 8.17. The number of sulfonamides is 1. The van der Waals surface area contributed by atoms with Gasteiger partial charge in [-0.2, -0.15) is 0 Å². The van der Waals surface area contributed by atoms with Crippen LogP contribution in [0, 0.1) is 0 Å². The van der Waals surface area contributed by atoms with Gasteiger partial charge in [0, 0.05) is 22.8 Å². The van der Waals surface area contributed by atoms with Gasteiger partial charge >= 0.3 is 0 Å². The Morgan fingerprint density at radius 2 is 1.92 bits per heavy atom. The summed E-state index contributed by atoms with van der Waals surface area (Å²) in [7, 11) is -3.66. The van der Waals surface area contributed by atoms with Crippen molar-refractivity contribution in [1.29, 1.82) is 0 Å². The summed E-state index contributed by atoms with van der Waals surface area (Å²) in [6.45, 7) is 2.49. The number of carbonyl (C=O) groups excluding carboxylic acids is 1. The molecule has 0 fully saturated rings. The lowest BCUT2D eigenvalue weighted by Crippen LogP contribution is -2.27. The smallest absolute Gasteiger partial charge is 0.255 e. The number of anilines is 2. The summed E-state index contributed by atoms with van der Waals surface area (Å²) in [6.07, 6.45) is 3.96. The number of aromatic nitrogens is 1. The summed E-state index contributed by atoms with van der Waals surface area (Å²) in [6, 6.07) is 19.9. The van der Waals surface area contributed by atoms with Crippen LogP contribution in [0.2, 0.25) is 0 Å². The summed E-state index contributed by atoms with van der Waals surface area (Å²) in [5.41, 5.74) is 4.30. The first kappa shape index (κ1) is 25.1. The molecule has 4 aromatic rings. The van der Waals surface area contributed by atoms with Gasteiger partial charge in [0.2, 0.25) is 10.0 Å². The maximum atomic E-state index is 13.1. The van der Waals surface area contributed by atoms with Crippen molar-refractivity contribution in [2.24, 2.45) is 0 Å². The Morgan fingerprint density at radius 1 is 1.08 bits per heavy atom. The van der Waals surface area contributed by atoms with Crippen LogP contribution in [0.5, 0.6) is 0 Å². The van der Waals surface area contributed by atoms with Gasteiger partial charge in [-0.05, 0) is 83.8 Å². The van der Waals surface area contributed by atoms with Crippen molar-refractivity contribution >= 4 is 38.8 Å². The molecule has 1 amide bonds. The predicted molar refractivity (Wildman–Crippen MR) is 147 cm³/mol. The average Bonchev–Trinajstić information content (AvgIpc) is 3.58. The van der Waals surface area contributed by atoms with Gasteiger partial charge in [-0.15, -0.1) is 11.3 Å². The molecular formula is C28H28N4O3S2. The minimum absolute atomic E-state index is 0.218. The lowest BCUT2D eigenvalue weighted by atomic mass is 10.1. The molecule has 7 nitrogen and oxygen atoms in total. The van der Waals surface area contributed by atoms with E-state index in [1.807, 2.05) is 54.8 Å². The highest BCUT2D eigenvalue weighted by Crippen LogP contribution is 2.35. The van der Waals surface area contributed by atoms with Crippen LogP contribution in [0.25, 0.3) is 0 Å². The van der Waals surface area contributed by atoms with Crippen molar-refractivity contribution in [3.8, 4) is 0 Å².